The van der Waals surface area contributed by atoms with Crippen molar-refractivity contribution >= 4 is 51.4 Å². The van der Waals surface area contributed by atoms with E-state index in [1.807, 2.05) is 18.2 Å². The molecule has 0 saturated carbocycles. The zero-order valence-electron chi connectivity index (χ0n) is 15.2. The monoisotopic (exact) mass is 476 g/mol. The highest BCUT2D eigenvalue weighted by Gasteiger charge is 2.09. The van der Waals surface area contributed by atoms with E-state index in [1.165, 1.54) is 25.1 Å². The molecule has 0 radical (unpaired) electrons. The van der Waals surface area contributed by atoms with Crippen LogP contribution in [0.1, 0.15) is 5.56 Å². The molecule has 1 heterocycles. The van der Waals surface area contributed by atoms with Gasteiger partial charge < -0.3 is 15.2 Å². The van der Waals surface area contributed by atoms with Gasteiger partial charge in [-0.3, -0.25) is 4.79 Å². The van der Waals surface area contributed by atoms with Gasteiger partial charge in [0.25, 0.3) is 0 Å². The second-order valence-electron chi connectivity index (χ2n) is 5.55. The number of nitrogens with one attached hydrogen (secondary N) is 3. The number of phenolic OH excluding ortho intramolecular Hbond substituents is 1. The second-order valence-corrected chi connectivity index (χ2v) is 7.35. The number of hydrazone groups is 1. The van der Waals surface area contributed by atoms with Crippen LogP contribution in [0.3, 0.4) is 0 Å². The van der Waals surface area contributed by atoms with Gasteiger partial charge in [0.2, 0.25) is 17.0 Å². The number of amides is 1. The summed E-state index contributed by atoms with van der Waals surface area (Å²) in [7, 11) is 1.47. The third kappa shape index (κ3) is 5.72. The van der Waals surface area contributed by atoms with E-state index in [1.54, 1.807) is 24.3 Å². The van der Waals surface area contributed by atoms with Crippen LogP contribution in [0.15, 0.2) is 57.2 Å². The van der Waals surface area contributed by atoms with Gasteiger partial charge in [-0.25, -0.2) is 10.5 Å². The van der Waals surface area contributed by atoms with Crippen LogP contribution in [0.25, 0.3) is 0 Å². The van der Waals surface area contributed by atoms with Gasteiger partial charge in [-0.05, 0) is 40.2 Å². The molecule has 0 atom stereocenters. The van der Waals surface area contributed by atoms with E-state index in [0.29, 0.717) is 28.1 Å². The third-order valence-corrected chi connectivity index (χ3v) is 5.11. The van der Waals surface area contributed by atoms with Gasteiger partial charge in [0.15, 0.2) is 11.5 Å². The first-order valence-corrected chi connectivity index (χ1v) is 10.1. The van der Waals surface area contributed by atoms with Crippen LogP contribution in [-0.2, 0) is 4.79 Å². The van der Waals surface area contributed by atoms with Crippen molar-refractivity contribution in [3.8, 4) is 11.5 Å². The molecule has 11 heteroatoms. The number of phenols is 1. The summed E-state index contributed by atoms with van der Waals surface area (Å²) in [6.45, 7) is 0. The number of carbonyl (C=O) groups is 1. The summed E-state index contributed by atoms with van der Waals surface area (Å²) in [6, 6.07) is 12.4. The van der Waals surface area contributed by atoms with Crippen molar-refractivity contribution in [2.45, 2.75) is 5.16 Å². The molecule has 3 aromatic rings. The molecule has 3 rings (SSSR count). The van der Waals surface area contributed by atoms with Crippen molar-refractivity contribution in [3.05, 3.63) is 52.5 Å². The van der Waals surface area contributed by atoms with E-state index in [4.69, 9.17) is 4.74 Å². The molecular formula is C18H17BrN6O3S. The van der Waals surface area contributed by atoms with E-state index < -0.39 is 0 Å². The minimum Gasteiger partial charge on any atom is -0.504 e. The number of carbonyl (C=O) groups excluding carboxylic acids is 1. The summed E-state index contributed by atoms with van der Waals surface area (Å²) in [4.78, 5) is 16.3. The summed E-state index contributed by atoms with van der Waals surface area (Å²) < 4.78 is 5.85. The Labute approximate surface area is 179 Å². The number of anilines is 2. The smallest absolute Gasteiger partial charge is 0.240 e. The average Bonchev–Trinajstić information content (AvgIpc) is 3.17. The zero-order valence-corrected chi connectivity index (χ0v) is 17.6. The van der Waals surface area contributed by atoms with Crippen molar-refractivity contribution in [2.75, 3.05) is 23.6 Å². The molecule has 0 bridgehead atoms. The lowest BCUT2D eigenvalue weighted by Crippen LogP contribution is -2.14. The molecule has 0 unspecified atom stereocenters. The molecule has 0 aliphatic rings. The molecule has 9 nitrogen and oxygen atoms in total. The zero-order chi connectivity index (χ0) is 20.6. The topological polar surface area (TPSA) is 125 Å². The fourth-order valence-electron chi connectivity index (χ4n) is 2.21. The number of aromatic hydroxyl groups is 1. The summed E-state index contributed by atoms with van der Waals surface area (Å²) in [5.74, 6) is 0.628. The number of nitrogens with zero attached hydrogens (tertiary/aromatic N) is 3. The van der Waals surface area contributed by atoms with Gasteiger partial charge >= 0.3 is 0 Å². The first-order chi connectivity index (χ1) is 14.1. The summed E-state index contributed by atoms with van der Waals surface area (Å²) in [5, 5.41) is 23.9. The van der Waals surface area contributed by atoms with Crippen molar-refractivity contribution in [1.29, 1.82) is 0 Å². The molecule has 0 aliphatic heterocycles. The maximum Gasteiger partial charge on any atom is 0.240 e. The summed E-state index contributed by atoms with van der Waals surface area (Å²) >= 11 is 4.56. The quantitative estimate of drug-likeness (QED) is 0.223. The van der Waals surface area contributed by atoms with E-state index in [-0.39, 0.29) is 17.4 Å². The van der Waals surface area contributed by atoms with Crippen LogP contribution < -0.4 is 15.5 Å². The molecule has 1 amide bonds. The Bertz CT molecular complexity index is 1030. The number of methoxy groups -OCH3 is 1. The number of aromatic nitrogens is 3. The fraction of sp³-hybridized carbons (Fsp3) is 0.111. The number of rotatable bonds is 8. The maximum absolute atomic E-state index is 12.1. The number of H-pyrrole nitrogens is 1. The maximum atomic E-state index is 12.1. The Kier molecular flexibility index (Phi) is 7.09. The second kappa shape index (κ2) is 9.94. The van der Waals surface area contributed by atoms with Crippen LogP contribution >= 0.6 is 27.7 Å². The minimum atomic E-state index is -0.173. The fourth-order valence-corrected chi connectivity index (χ4v) is 3.19. The lowest BCUT2D eigenvalue weighted by atomic mass is 10.2. The molecule has 0 saturated heterocycles. The third-order valence-electron chi connectivity index (χ3n) is 3.57. The number of thioether (sulfide) groups is 1. The van der Waals surface area contributed by atoms with Gasteiger partial charge in [-0.15, -0.1) is 5.10 Å². The molecule has 0 spiro atoms. The van der Waals surface area contributed by atoms with E-state index in [2.05, 4.69) is 47.0 Å². The Balaban J connectivity index is 1.51. The largest absolute Gasteiger partial charge is 0.504 e. The van der Waals surface area contributed by atoms with Crippen molar-refractivity contribution in [1.82, 2.24) is 15.2 Å². The van der Waals surface area contributed by atoms with E-state index in [9.17, 15) is 9.90 Å². The minimum absolute atomic E-state index is 0.00886. The highest BCUT2D eigenvalue weighted by molar-refractivity contribution is 9.10. The highest BCUT2D eigenvalue weighted by atomic mass is 79.9. The molecule has 1 aromatic heterocycles. The van der Waals surface area contributed by atoms with Crippen LogP contribution in [0, 0.1) is 0 Å². The lowest BCUT2D eigenvalue weighted by Gasteiger charge is -2.05. The molecule has 29 heavy (non-hydrogen) atoms. The molecule has 0 fully saturated rings. The van der Waals surface area contributed by atoms with Crippen molar-refractivity contribution in [2.24, 2.45) is 5.10 Å². The normalized spacial score (nSPS) is 10.8. The number of halogens is 1. The Morgan fingerprint density at radius 2 is 2.17 bits per heavy atom. The van der Waals surface area contributed by atoms with Crippen LogP contribution in [0.2, 0.25) is 0 Å². The van der Waals surface area contributed by atoms with Gasteiger partial charge in [0.1, 0.15) is 0 Å². The average molecular weight is 477 g/mol. The number of hydrogen-bond donors (Lipinski definition) is 4. The van der Waals surface area contributed by atoms with E-state index >= 15 is 0 Å². The van der Waals surface area contributed by atoms with Gasteiger partial charge in [-0.1, -0.05) is 30.0 Å². The van der Waals surface area contributed by atoms with Crippen LogP contribution in [0.4, 0.5) is 11.6 Å². The molecule has 2 aromatic carbocycles. The van der Waals surface area contributed by atoms with Crippen LogP contribution in [-0.4, -0.2) is 45.3 Å². The molecule has 4 N–H and O–H groups in total. The summed E-state index contributed by atoms with van der Waals surface area (Å²) in [6.07, 6.45) is 1.43. The Hall–Kier alpha value is -3.05. The van der Waals surface area contributed by atoms with Crippen molar-refractivity contribution < 1.29 is 14.6 Å². The molecule has 150 valence electrons. The predicted octanol–water partition coefficient (Wildman–Crippen LogP) is 3.46. The van der Waals surface area contributed by atoms with Crippen molar-refractivity contribution in [3.63, 3.8) is 0 Å². The van der Waals surface area contributed by atoms with Gasteiger partial charge in [0.05, 0.1) is 24.8 Å². The van der Waals surface area contributed by atoms with Gasteiger partial charge in [0, 0.05) is 10.0 Å². The number of benzene rings is 2. The van der Waals surface area contributed by atoms with E-state index in [0.717, 1.165) is 4.47 Å². The molecule has 0 aliphatic carbocycles. The number of para-hydroxylation sites is 2. The first-order valence-electron chi connectivity index (χ1n) is 8.31. The van der Waals surface area contributed by atoms with Gasteiger partial charge in [-0.2, -0.15) is 10.1 Å². The highest BCUT2D eigenvalue weighted by Crippen LogP contribution is 2.28. The van der Waals surface area contributed by atoms with Crippen LogP contribution in [0.5, 0.6) is 11.5 Å². The first kappa shape index (κ1) is 20.7. The summed E-state index contributed by atoms with van der Waals surface area (Å²) in [5.41, 5.74) is 3.86. The standard InChI is InChI=1S/C18H17BrN6O3S/c1-28-14-8-4-5-11(16(14)27)9-20-23-17-22-18(25-24-17)29-10-15(26)21-13-7-3-2-6-12(13)19/h2-9,27H,10H2,1H3,(H,21,26)(H2,22,23,24,25)/b20-9+. The number of aromatic amines is 1. The Morgan fingerprint density at radius 1 is 1.34 bits per heavy atom. The SMILES string of the molecule is COc1cccc(/C=N/Nc2nc(SCC(=O)Nc3ccccc3Br)n[nH]2)c1O. The number of ether oxygens (including phenoxy) is 1. The number of hydrogen-bond acceptors (Lipinski definition) is 8. The Morgan fingerprint density at radius 3 is 2.97 bits per heavy atom. The predicted molar refractivity (Wildman–Crippen MR) is 116 cm³/mol. The molecular weight excluding hydrogens is 460 g/mol. The lowest BCUT2D eigenvalue weighted by molar-refractivity contribution is -0.113.